The van der Waals surface area contributed by atoms with Gasteiger partial charge in [-0.15, -0.1) is 0 Å². The number of fused-ring (bicyclic) bond motifs is 3. The zero-order valence-corrected chi connectivity index (χ0v) is 19.3. The van der Waals surface area contributed by atoms with Crippen molar-refractivity contribution in [3.8, 4) is 11.1 Å². The van der Waals surface area contributed by atoms with Crippen molar-refractivity contribution in [2.75, 3.05) is 6.61 Å². The summed E-state index contributed by atoms with van der Waals surface area (Å²) in [5.74, 6) is -2.93. The summed E-state index contributed by atoms with van der Waals surface area (Å²) >= 11 is 0. The molecule has 2 atom stereocenters. The highest BCUT2D eigenvalue weighted by molar-refractivity contribution is 5.84. The number of aliphatic carboxylic acids is 1. The quantitative estimate of drug-likeness (QED) is 0.479. The van der Waals surface area contributed by atoms with E-state index in [-0.39, 0.29) is 24.9 Å². The largest absolute Gasteiger partial charge is 0.480 e. The Morgan fingerprint density at radius 2 is 1.51 bits per heavy atom. The van der Waals surface area contributed by atoms with E-state index in [1.54, 1.807) is 19.2 Å². The number of hydrogen-bond acceptors (Lipinski definition) is 4. The molecule has 35 heavy (non-hydrogen) atoms. The number of carbonyl (C=O) groups is 3. The minimum atomic E-state index is -4.94. The fourth-order valence-corrected chi connectivity index (χ4v) is 4.16. The average molecular weight is 492 g/mol. The lowest BCUT2D eigenvalue weighted by Crippen LogP contribution is -2.50. The molecule has 1 unspecified atom stereocenters. The summed E-state index contributed by atoms with van der Waals surface area (Å²) in [7, 11) is 0. The lowest BCUT2D eigenvalue weighted by Gasteiger charge is -2.23. The van der Waals surface area contributed by atoms with E-state index in [1.807, 2.05) is 48.5 Å². The predicted molar refractivity (Wildman–Crippen MR) is 122 cm³/mol. The van der Waals surface area contributed by atoms with Crippen LogP contribution in [0.4, 0.5) is 18.0 Å². The average Bonchev–Trinajstić information content (AvgIpc) is 3.09. The van der Waals surface area contributed by atoms with Crippen LogP contribution in [0.3, 0.4) is 0 Å². The third kappa shape index (κ3) is 6.52. The first-order valence-electron chi connectivity index (χ1n) is 11.2. The molecule has 2 amide bonds. The van der Waals surface area contributed by atoms with Crippen LogP contribution < -0.4 is 10.6 Å². The van der Waals surface area contributed by atoms with Crippen molar-refractivity contribution < 1.29 is 37.4 Å². The minimum absolute atomic E-state index is 0.0531. The van der Waals surface area contributed by atoms with Gasteiger partial charge in [0.1, 0.15) is 18.7 Å². The van der Waals surface area contributed by atoms with E-state index in [2.05, 4.69) is 5.32 Å². The van der Waals surface area contributed by atoms with Crippen molar-refractivity contribution in [1.82, 2.24) is 10.6 Å². The van der Waals surface area contributed by atoms with Crippen LogP contribution in [-0.4, -0.2) is 47.9 Å². The monoisotopic (exact) mass is 492 g/mol. The maximum atomic E-state index is 13.5. The molecule has 0 radical (unpaired) electrons. The van der Waals surface area contributed by atoms with Crippen molar-refractivity contribution in [3.05, 3.63) is 59.7 Å². The van der Waals surface area contributed by atoms with E-state index in [4.69, 9.17) is 4.74 Å². The van der Waals surface area contributed by atoms with Crippen LogP contribution in [0.2, 0.25) is 0 Å². The van der Waals surface area contributed by atoms with Crippen molar-refractivity contribution in [1.29, 1.82) is 0 Å². The summed E-state index contributed by atoms with van der Waals surface area (Å²) in [4.78, 5) is 35.7. The van der Waals surface area contributed by atoms with Gasteiger partial charge in [0.2, 0.25) is 5.91 Å². The fourth-order valence-electron chi connectivity index (χ4n) is 4.16. The first kappa shape index (κ1) is 26.1. The molecule has 0 bridgehead atoms. The van der Waals surface area contributed by atoms with Gasteiger partial charge < -0.3 is 20.5 Å². The number of nitrogens with one attached hydrogen (secondary N) is 2. The second-order valence-corrected chi connectivity index (χ2v) is 8.86. The highest BCUT2D eigenvalue weighted by atomic mass is 19.4. The Kier molecular flexibility index (Phi) is 8.03. The van der Waals surface area contributed by atoms with Crippen molar-refractivity contribution >= 4 is 18.0 Å². The molecule has 10 heteroatoms. The molecule has 2 aromatic carbocycles. The van der Waals surface area contributed by atoms with Crippen LogP contribution in [-0.2, 0) is 14.3 Å². The topological polar surface area (TPSA) is 105 Å². The first-order valence-corrected chi connectivity index (χ1v) is 11.2. The number of rotatable bonds is 9. The van der Waals surface area contributed by atoms with Crippen LogP contribution in [0.15, 0.2) is 48.5 Å². The van der Waals surface area contributed by atoms with Gasteiger partial charge >= 0.3 is 18.2 Å². The Hall–Kier alpha value is -3.56. The molecule has 0 aliphatic heterocycles. The third-order valence-electron chi connectivity index (χ3n) is 5.76. The van der Waals surface area contributed by atoms with Gasteiger partial charge in [-0.3, -0.25) is 4.79 Å². The molecule has 0 heterocycles. The van der Waals surface area contributed by atoms with E-state index in [1.165, 1.54) is 0 Å². The van der Waals surface area contributed by atoms with Crippen LogP contribution in [0.5, 0.6) is 0 Å². The molecule has 3 N–H and O–H groups in total. The summed E-state index contributed by atoms with van der Waals surface area (Å²) in [6.07, 6.45) is -7.38. The second kappa shape index (κ2) is 10.8. The molecule has 3 rings (SSSR count). The Labute approximate surface area is 200 Å². The van der Waals surface area contributed by atoms with Crippen molar-refractivity contribution in [2.45, 2.75) is 50.9 Å². The predicted octanol–water partition coefficient (Wildman–Crippen LogP) is 4.46. The van der Waals surface area contributed by atoms with Gasteiger partial charge in [-0.2, -0.15) is 13.2 Å². The number of alkyl halides is 3. The zero-order chi connectivity index (χ0) is 25.8. The van der Waals surface area contributed by atoms with Crippen LogP contribution in [0, 0.1) is 5.92 Å². The van der Waals surface area contributed by atoms with Crippen LogP contribution in [0.1, 0.15) is 43.7 Å². The Morgan fingerprint density at radius 1 is 0.971 bits per heavy atom. The second-order valence-electron chi connectivity index (χ2n) is 8.86. The highest BCUT2D eigenvalue weighted by Gasteiger charge is 2.43. The number of carbonyl (C=O) groups excluding carboxylic acids is 2. The molecule has 0 aromatic heterocycles. The number of halogens is 3. The van der Waals surface area contributed by atoms with Gasteiger partial charge in [0.05, 0.1) is 6.42 Å². The smallest absolute Gasteiger partial charge is 0.409 e. The van der Waals surface area contributed by atoms with Gasteiger partial charge in [-0.1, -0.05) is 62.4 Å². The van der Waals surface area contributed by atoms with Gasteiger partial charge in [-0.25, -0.2) is 9.59 Å². The molecule has 1 aliphatic carbocycles. The van der Waals surface area contributed by atoms with E-state index in [0.717, 1.165) is 22.3 Å². The number of benzene rings is 2. The van der Waals surface area contributed by atoms with E-state index in [0.29, 0.717) is 0 Å². The number of hydrogen-bond donors (Lipinski definition) is 3. The molecular formula is C25H27F3N2O5. The number of alkyl carbamates (subject to hydrolysis) is 1. The van der Waals surface area contributed by atoms with E-state index >= 15 is 0 Å². The summed E-state index contributed by atoms with van der Waals surface area (Å²) in [5.41, 5.74) is 3.74. The van der Waals surface area contributed by atoms with E-state index in [9.17, 15) is 32.7 Å². The number of carboxylic acids is 1. The summed E-state index contributed by atoms with van der Waals surface area (Å²) in [6.45, 7) is 3.25. The number of ether oxygens (including phenoxy) is 1. The minimum Gasteiger partial charge on any atom is -0.480 e. The number of carboxylic acid groups (broad SMARTS) is 1. The zero-order valence-electron chi connectivity index (χ0n) is 19.3. The number of amides is 2. The molecule has 0 fully saturated rings. The molecule has 1 aliphatic rings. The summed E-state index contributed by atoms with van der Waals surface area (Å²) in [5, 5.41) is 13.0. The van der Waals surface area contributed by atoms with E-state index < -0.39 is 42.7 Å². The van der Waals surface area contributed by atoms with Gasteiger partial charge in [-0.05, 0) is 34.6 Å². The third-order valence-corrected chi connectivity index (χ3v) is 5.76. The maximum absolute atomic E-state index is 13.5. The molecule has 0 spiro atoms. The van der Waals surface area contributed by atoms with Gasteiger partial charge in [0.25, 0.3) is 0 Å². The maximum Gasteiger partial charge on any atom is 0.409 e. The first-order chi connectivity index (χ1) is 16.5. The Morgan fingerprint density at radius 3 is 2.00 bits per heavy atom. The normalized spacial score (nSPS) is 14.6. The Balaban J connectivity index is 1.64. The van der Waals surface area contributed by atoms with Gasteiger partial charge in [0, 0.05) is 5.92 Å². The van der Waals surface area contributed by atoms with Crippen LogP contribution >= 0.6 is 0 Å². The summed E-state index contributed by atoms with van der Waals surface area (Å²) < 4.78 is 45.7. The fraction of sp³-hybridized carbons (Fsp3) is 0.400. The van der Waals surface area contributed by atoms with Crippen molar-refractivity contribution in [2.24, 2.45) is 5.92 Å². The Bertz CT molecular complexity index is 1040. The van der Waals surface area contributed by atoms with Gasteiger partial charge in [0.15, 0.2) is 0 Å². The summed E-state index contributed by atoms with van der Waals surface area (Å²) in [6, 6.07) is 11.2. The highest BCUT2D eigenvalue weighted by Crippen LogP contribution is 2.44. The molecule has 2 aromatic rings. The standard InChI is InChI=1S/C25H27F3N2O5/c1-14(2)11-20(23(32)33)29-22(31)12-21(25(26,27)28)30-24(34)35-13-19-17-9-5-3-7-15(17)16-8-4-6-10-18(16)19/h3-10,14,19-21H,11-13H2,1-2H3,(H,29,31)(H,30,34)(H,32,33)/t20-,21?/m0/s1. The SMILES string of the molecule is CC(C)C[C@H](NC(=O)CC(NC(=O)OCC1c2ccccc2-c2ccccc21)C(F)(F)F)C(=O)O. The molecule has 0 saturated heterocycles. The van der Waals surface area contributed by atoms with Crippen LogP contribution in [0.25, 0.3) is 11.1 Å². The molecule has 188 valence electrons. The molecule has 7 nitrogen and oxygen atoms in total. The van der Waals surface area contributed by atoms with Crippen molar-refractivity contribution in [3.63, 3.8) is 0 Å². The lowest BCUT2D eigenvalue weighted by molar-refractivity contribution is -0.161. The molecule has 0 saturated carbocycles. The molecular weight excluding hydrogens is 465 g/mol. The lowest BCUT2D eigenvalue weighted by atomic mass is 9.98.